The Morgan fingerprint density at radius 3 is 1.88 bits per heavy atom. The molecule has 3 aromatic carbocycles. The molecule has 3 aliphatic rings. The second kappa shape index (κ2) is 49.1. The molecule has 17 N–H and O–H groups in total. The number of rotatable bonds is 38. The summed E-state index contributed by atoms with van der Waals surface area (Å²) in [6.07, 6.45) is -1.51. The smallest absolute Gasteiger partial charge is 0.305 e. The minimum absolute atomic E-state index is 0.0170. The van der Waals surface area contributed by atoms with E-state index >= 15 is 24.0 Å². The molecule has 2 bridgehead atoms. The fourth-order valence-electron chi connectivity index (χ4n) is 14.8. The van der Waals surface area contributed by atoms with Gasteiger partial charge < -0.3 is 93.6 Å². The van der Waals surface area contributed by atoms with Gasteiger partial charge in [0.05, 0.1) is 54.8 Å². The van der Waals surface area contributed by atoms with E-state index in [2.05, 4.69) is 47.2 Å². The minimum Gasteiger partial charge on any atom is -0.481 e. The zero-order chi connectivity index (χ0) is 89.3. The summed E-state index contributed by atoms with van der Waals surface area (Å²) in [5, 5.41) is 67.2. The van der Waals surface area contributed by atoms with E-state index in [1.807, 2.05) is 18.4 Å². The van der Waals surface area contributed by atoms with Crippen molar-refractivity contribution in [2.24, 2.45) is 29.2 Å². The molecule has 11 amide bonds. The van der Waals surface area contributed by atoms with Crippen LogP contribution in [0.25, 0.3) is 0 Å². The van der Waals surface area contributed by atoms with Crippen LogP contribution in [0.2, 0.25) is 0 Å². The number of imidazole rings is 1. The number of aromatic nitrogens is 2. The van der Waals surface area contributed by atoms with Crippen LogP contribution in [0.4, 0.5) is 0 Å². The SMILES string of the molecule is CSCC[C@H](CC(C)=O)C(=O)N[C@H]1CSCc2cccc(c2)CSC[C@@H](C(=O)C[C@@H](CC(=O)O)C(=O)N[C@@H](Cc2c[nH]cn2)C(=O)N(C)[C@@H](Cc2ccccc2)C(=O)N[C@@H](CCCCC(=N)N)C(=O)N[C@@H](CC(=O)O)C(N)=O)NC(=O)[C@H](Cc2ccccc2)CC(=O)[C@H](CCC(=O)O)NC(=O)[C@H]([C@@H](C)O)NC(=O)[C@@H]2CCCN2C(=O)[C@@H]2CCCN2C1=O. The van der Waals surface area contributed by atoms with Crippen molar-refractivity contribution in [2.45, 2.75) is 214 Å². The van der Waals surface area contributed by atoms with Gasteiger partial charge in [0, 0.05) is 106 Å². The van der Waals surface area contributed by atoms with E-state index < -0.39 is 224 Å². The number of carbonyl (C=O) groups is 17. The molecule has 4 heterocycles. The highest BCUT2D eigenvalue weighted by Gasteiger charge is 2.46. The lowest BCUT2D eigenvalue weighted by Gasteiger charge is -2.34. The quantitative estimate of drug-likeness (QED) is 0.0172. The van der Waals surface area contributed by atoms with Gasteiger partial charge in [-0.15, -0.1) is 0 Å². The summed E-state index contributed by atoms with van der Waals surface area (Å²) in [7, 11) is 1.22. The molecule has 39 heteroatoms. The molecule has 2 fully saturated rings. The first-order valence-corrected chi connectivity index (χ1v) is 44.1. The number of carbonyl (C=O) groups excluding carboxylic acids is 14. The van der Waals surface area contributed by atoms with Crippen molar-refractivity contribution >= 4 is 141 Å². The van der Waals surface area contributed by atoms with Gasteiger partial charge >= 0.3 is 17.9 Å². The number of aromatic amines is 1. The number of carboxylic acid groups (broad SMARTS) is 3. The number of nitrogens with zero attached hydrogens (tertiary/aromatic N) is 4. The molecule has 3 aliphatic heterocycles. The van der Waals surface area contributed by atoms with Gasteiger partial charge in [-0.05, 0) is 106 Å². The summed E-state index contributed by atoms with van der Waals surface area (Å²) in [6, 6.07) is 8.50. The zero-order valence-corrected chi connectivity index (χ0v) is 71.1. The Balaban J connectivity index is 1.26. The van der Waals surface area contributed by atoms with Crippen LogP contribution in [-0.4, -0.2) is 261 Å². The third-order valence-corrected chi connectivity index (χ3v) is 24.1. The van der Waals surface area contributed by atoms with Crippen LogP contribution in [-0.2, 0) is 112 Å². The van der Waals surface area contributed by atoms with Crippen LogP contribution in [0, 0.1) is 23.2 Å². The highest BCUT2D eigenvalue weighted by atomic mass is 32.2. The Hall–Kier alpha value is -11.1. The molecule has 4 aromatic rings. The van der Waals surface area contributed by atoms with Crippen molar-refractivity contribution in [2.75, 3.05) is 43.7 Å². The number of fused-ring (bicyclic) bond motifs is 4. The third-order valence-electron chi connectivity index (χ3n) is 21.3. The first kappa shape index (κ1) is 98.1. The number of likely N-dealkylation sites (N-methyl/N-ethyl adjacent to an activating group) is 1. The van der Waals surface area contributed by atoms with Crippen molar-refractivity contribution in [1.29, 1.82) is 5.41 Å². The molecule has 7 rings (SSSR count). The predicted octanol–water partition coefficient (Wildman–Crippen LogP) is 1.50. The molecule has 0 radical (unpaired) electrons. The Morgan fingerprint density at radius 1 is 0.656 bits per heavy atom. The van der Waals surface area contributed by atoms with E-state index in [9.17, 15) is 78.0 Å². The summed E-state index contributed by atoms with van der Waals surface area (Å²) in [4.78, 5) is 251. The lowest BCUT2D eigenvalue weighted by Crippen LogP contribution is -2.60. The largest absolute Gasteiger partial charge is 0.481 e. The van der Waals surface area contributed by atoms with Crippen LogP contribution in [0.15, 0.2) is 97.5 Å². The number of ketones is 3. The second-order valence-electron chi connectivity index (χ2n) is 30.9. The molecule has 2 saturated heterocycles. The van der Waals surface area contributed by atoms with Crippen LogP contribution in [0.5, 0.6) is 0 Å². The molecule has 1 aromatic heterocycles. The Labute approximate surface area is 718 Å². The van der Waals surface area contributed by atoms with E-state index in [1.165, 1.54) is 66.7 Å². The Kier molecular flexibility index (Phi) is 39.5. The maximum Gasteiger partial charge on any atom is 0.305 e. The molecule has 0 spiro atoms. The van der Waals surface area contributed by atoms with Gasteiger partial charge in [0.25, 0.3) is 0 Å². The number of aliphatic hydroxyl groups is 1. The van der Waals surface area contributed by atoms with Gasteiger partial charge in [-0.3, -0.25) is 82.1 Å². The number of amidine groups is 1. The van der Waals surface area contributed by atoms with Gasteiger partial charge in [0.1, 0.15) is 54.1 Å². The second-order valence-corrected chi connectivity index (χ2v) is 33.9. The minimum atomic E-state index is -1.84. The normalized spacial score (nSPS) is 20.8. The number of benzene rings is 3. The molecule has 0 aliphatic carbocycles. The molecular formula is C83H111N15O21S3. The summed E-state index contributed by atoms with van der Waals surface area (Å²) in [5.41, 5.74) is 13.6. The maximum atomic E-state index is 15.4. The topological polar surface area (TPSA) is 570 Å². The maximum absolute atomic E-state index is 15.4. The zero-order valence-electron chi connectivity index (χ0n) is 68.6. The number of carboxylic acids is 3. The summed E-state index contributed by atoms with van der Waals surface area (Å²) in [5.74, 6) is -20.2. The number of unbranched alkanes of at least 4 members (excludes halogenated alkanes) is 1. The molecule has 14 atom stereocenters. The van der Waals surface area contributed by atoms with Gasteiger partial charge in [-0.1, -0.05) is 91.3 Å². The first-order chi connectivity index (χ1) is 58.1. The summed E-state index contributed by atoms with van der Waals surface area (Å²) < 4.78 is 0. The van der Waals surface area contributed by atoms with Gasteiger partial charge in [-0.2, -0.15) is 35.3 Å². The monoisotopic (exact) mass is 1750 g/mol. The number of hydrogen-bond acceptors (Lipinski definition) is 23. The van der Waals surface area contributed by atoms with Crippen molar-refractivity contribution < 1.29 is 102 Å². The molecule has 0 saturated carbocycles. The average molecular weight is 1750 g/mol. The summed E-state index contributed by atoms with van der Waals surface area (Å²) in [6.45, 7) is 2.70. The Morgan fingerprint density at radius 2 is 1.28 bits per heavy atom. The van der Waals surface area contributed by atoms with E-state index in [0.717, 1.165) is 22.2 Å². The lowest BCUT2D eigenvalue weighted by molar-refractivity contribution is -0.148. The number of nitrogens with one attached hydrogen (secondary N) is 9. The van der Waals surface area contributed by atoms with Crippen LogP contribution in [0.3, 0.4) is 0 Å². The van der Waals surface area contributed by atoms with Gasteiger partial charge in [-0.25, -0.2) is 4.98 Å². The number of hydrogen-bond donors (Lipinski definition) is 15. The molecular weight excluding hydrogens is 1640 g/mol. The highest BCUT2D eigenvalue weighted by Crippen LogP contribution is 2.30. The number of nitrogens with two attached hydrogens (primary N) is 2. The predicted molar refractivity (Wildman–Crippen MR) is 452 cm³/mol. The number of primary amides is 1. The van der Waals surface area contributed by atoms with E-state index in [-0.39, 0.29) is 111 Å². The third kappa shape index (κ3) is 31.1. The van der Waals surface area contributed by atoms with E-state index in [4.69, 9.17) is 16.9 Å². The number of thioether (sulfide) groups is 3. The van der Waals surface area contributed by atoms with Crippen molar-refractivity contribution in [3.8, 4) is 0 Å². The van der Waals surface area contributed by atoms with Gasteiger partial charge in [0.15, 0.2) is 11.6 Å². The van der Waals surface area contributed by atoms with Gasteiger partial charge in [0.2, 0.25) is 65.0 Å². The lowest BCUT2D eigenvalue weighted by atomic mass is 9.89. The van der Waals surface area contributed by atoms with Crippen LogP contribution >= 0.6 is 35.3 Å². The summed E-state index contributed by atoms with van der Waals surface area (Å²) >= 11 is 3.88. The standard InChI is InChI=1S/C83H111N15O21S3/c1-47(99)32-53(28-31-120-4)74(110)94-62-45-122-43-52-21-13-20-51(33-52)42-121-44-61(93-75(111)54(34-49-16-7-5-8-17-49)36-66(101)57(26-27-69(103)104)89-80(116)72(48(2)100)95-78(114)63-23-14-29-97(63)83(119)64-24-15-30-98(64)82(62)118)67(102)37-55(38-70(105)106)76(112)92-60(39-56-41-87-46-88-56)81(117)96(3)65(35-50-18-9-6-10-19-50)79(115)90-58(22-11-12-25-68(84)85)77(113)91-59(73(86)109)40-71(107)108/h5-10,13,16-21,33,41,46,48,53-55,57-65,72,100H,11-12,14-15,22-32,34-40,42-45H2,1-4H3,(H3,84,85)(H2,86,109)(H,87,88)(H,89,116)(H,90,115)(H,91,113)(H,92,112)(H,93,111)(H,94,110)(H,95,114)(H,103,104)(H,105,106)(H,107,108)/t48-,53-,54-,55+,57+,58+,59+,60+,61+,62+,63+,64+,65+,72+/m1/s1. The van der Waals surface area contributed by atoms with Crippen LogP contribution in [0.1, 0.15) is 145 Å². The fourth-order valence-corrected chi connectivity index (χ4v) is 17.3. The van der Waals surface area contributed by atoms with Crippen molar-refractivity contribution in [3.05, 3.63) is 125 Å². The average Bonchev–Trinajstić information content (AvgIpc) is 1.62. The van der Waals surface area contributed by atoms with Crippen LogP contribution < -0.4 is 48.7 Å². The molecule has 36 nitrogen and oxygen atoms in total. The number of Topliss-reactive ketones (excluding diaryl/α,β-unsaturated/α-hetero) is 3. The molecule has 662 valence electrons. The molecule has 0 unspecified atom stereocenters. The highest BCUT2D eigenvalue weighted by molar-refractivity contribution is 7.99. The number of amides is 11. The van der Waals surface area contributed by atoms with E-state index in [1.54, 1.807) is 72.8 Å². The van der Waals surface area contributed by atoms with E-state index in [0.29, 0.717) is 41.7 Å². The number of H-pyrrole nitrogens is 1. The number of aliphatic hydroxyl groups excluding tert-OH is 1. The first-order valence-electron chi connectivity index (χ1n) is 40.4. The molecule has 122 heavy (non-hydrogen) atoms. The van der Waals surface area contributed by atoms with Crippen molar-refractivity contribution in [3.63, 3.8) is 0 Å². The Bertz CT molecular complexity index is 4360. The van der Waals surface area contributed by atoms with Crippen molar-refractivity contribution in [1.82, 2.24) is 61.9 Å². The fraction of sp³-hybridized carbons (Fsp3) is 0.530. The number of aliphatic carboxylic acids is 3.